The fraction of sp³-hybridized carbons (Fsp3) is 0.542. The Morgan fingerprint density at radius 1 is 1.18 bits per heavy atom. The molecule has 178 valence electrons. The lowest BCUT2D eigenvalue weighted by Gasteiger charge is -2.31. The van der Waals surface area contributed by atoms with Crippen molar-refractivity contribution >= 4 is 35.1 Å². The molecule has 2 saturated heterocycles. The van der Waals surface area contributed by atoms with Gasteiger partial charge >= 0.3 is 0 Å². The van der Waals surface area contributed by atoms with Crippen LogP contribution in [-0.4, -0.2) is 73.3 Å². The molecule has 0 aliphatic carbocycles. The summed E-state index contributed by atoms with van der Waals surface area (Å²) in [6.07, 6.45) is 2.34. The first kappa shape index (κ1) is 24.3. The first-order valence-corrected chi connectivity index (χ1v) is 13.0. The van der Waals surface area contributed by atoms with Crippen LogP contribution in [-0.2, 0) is 10.5 Å². The van der Waals surface area contributed by atoms with E-state index in [1.807, 2.05) is 30.3 Å². The minimum Gasteiger partial charge on any atom is -0.379 e. The van der Waals surface area contributed by atoms with Crippen LogP contribution in [0.4, 0.5) is 5.82 Å². The molecule has 1 N–H and O–H groups in total. The van der Waals surface area contributed by atoms with Crippen molar-refractivity contribution in [2.45, 2.75) is 30.7 Å². The van der Waals surface area contributed by atoms with Crippen LogP contribution in [0.15, 0.2) is 35.5 Å². The molecule has 1 aromatic heterocycles. The summed E-state index contributed by atoms with van der Waals surface area (Å²) in [4.78, 5) is 26.3. The van der Waals surface area contributed by atoms with E-state index in [4.69, 9.17) is 21.3 Å². The summed E-state index contributed by atoms with van der Waals surface area (Å²) in [5.74, 6) is 2.29. The Kier molecular flexibility index (Phi) is 8.83. The van der Waals surface area contributed by atoms with Gasteiger partial charge in [-0.3, -0.25) is 9.69 Å². The number of carbonyl (C=O) groups is 1. The van der Waals surface area contributed by atoms with Crippen molar-refractivity contribution in [3.63, 3.8) is 0 Å². The van der Waals surface area contributed by atoms with Gasteiger partial charge in [-0.15, -0.1) is 0 Å². The molecule has 2 aromatic rings. The number of amides is 1. The van der Waals surface area contributed by atoms with Gasteiger partial charge in [0, 0.05) is 56.7 Å². The molecule has 0 radical (unpaired) electrons. The largest absolute Gasteiger partial charge is 0.379 e. The van der Waals surface area contributed by atoms with Gasteiger partial charge in [-0.25, -0.2) is 9.97 Å². The summed E-state index contributed by atoms with van der Waals surface area (Å²) in [7, 11) is 0. The highest BCUT2D eigenvalue weighted by Crippen LogP contribution is 2.27. The molecule has 3 heterocycles. The van der Waals surface area contributed by atoms with Crippen LogP contribution in [0.5, 0.6) is 0 Å². The number of nitrogens with one attached hydrogen (secondary N) is 1. The minimum absolute atomic E-state index is 0.0456. The fourth-order valence-electron chi connectivity index (χ4n) is 4.05. The van der Waals surface area contributed by atoms with Crippen LogP contribution in [0.25, 0.3) is 0 Å². The Morgan fingerprint density at radius 2 is 1.97 bits per heavy atom. The lowest BCUT2D eigenvalue weighted by Crippen LogP contribution is -2.41. The van der Waals surface area contributed by atoms with Crippen LogP contribution in [0.1, 0.15) is 35.7 Å². The molecule has 0 unspecified atom stereocenters. The van der Waals surface area contributed by atoms with Gasteiger partial charge in [0.15, 0.2) is 5.16 Å². The molecule has 4 rings (SSSR count). The third-order valence-corrected chi connectivity index (χ3v) is 7.25. The van der Waals surface area contributed by atoms with E-state index >= 15 is 0 Å². The van der Waals surface area contributed by atoms with Crippen molar-refractivity contribution in [3.8, 4) is 0 Å². The molecule has 33 heavy (non-hydrogen) atoms. The zero-order valence-electron chi connectivity index (χ0n) is 19.1. The van der Waals surface area contributed by atoms with Crippen molar-refractivity contribution in [1.82, 2.24) is 20.2 Å². The van der Waals surface area contributed by atoms with Crippen molar-refractivity contribution < 1.29 is 9.53 Å². The SMILES string of the molecule is CC1CCN(c2cc(Cl)nc(SCc3cccc(C(=O)NCCN4CCOCC4)c3)n2)CC1. The number of piperidine rings is 1. The van der Waals surface area contributed by atoms with Gasteiger partial charge in [0.1, 0.15) is 11.0 Å². The fourth-order valence-corrected chi connectivity index (χ4v) is 5.08. The van der Waals surface area contributed by atoms with Crippen molar-refractivity contribution in [2.75, 3.05) is 57.4 Å². The number of ether oxygens (including phenoxy) is 1. The normalized spacial score (nSPS) is 17.8. The number of morpholine rings is 1. The number of nitrogens with zero attached hydrogens (tertiary/aromatic N) is 4. The topological polar surface area (TPSA) is 70.6 Å². The zero-order chi connectivity index (χ0) is 23.0. The average molecular weight is 490 g/mol. The van der Waals surface area contributed by atoms with Crippen LogP contribution < -0.4 is 10.2 Å². The number of halogens is 1. The summed E-state index contributed by atoms with van der Waals surface area (Å²) in [5.41, 5.74) is 1.72. The molecular weight excluding hydrogens is 458 g/mol. The van der Waals surface area contributed by atoms with Crippen molar-refractivity contribution in [2.24, 2.45) is 5.92 Å². The van der Waals surface area contributed by atoms with Crippen LogP contribution >= 0.6 is 23.4 Å². The highest BCUT2D eigenvalue weighted by Gasteiger charge is 2.18. The Morgan fingerprint density at radius 3 is 2.76 bits per heavy atom. The quantitative estimate of drug-likeness (QED) is 0.344. The molecule has 2 aliphatic rings. The first-order valence-electron chi connectivity index (χ1n) is 11.7. The van der Waals surface area contributed by atoms with Crippen LogP contribution in [0.3, 0.4) is 0 Å². The van der Waals surface area contributed by atoms with E-state index in [1.54, 1.807) is 0 Å². The Labute approximate surface area is 205 Å². The maximum Gasteiger partial charge on any atom is 0.251 e. The second-order valence-corrected chi connectivity index (χ2v) is 10.0. The second kappa shape index (κ2) is 12.0. The van der Waals surface area contributed by atoms with E-state index in [1.165, 1.54) is 24.6 Å². The summed E-state index contributed by atoms with van der Waals surface area (Å²) >= 11 is 7.84. The Hall–Kier alpha value is -1.87. The minimum atomic E-state index is -0.0456. The molecule has 0 spiro atoms. The van der Waals surface area contributed by atoms with Gasteiger partial charge in [-0.05, 0) is 36.5 Å². The predicted octanol–water partition coefficient (Wildman–Crippen LogP) is 3.72. The Balaban J connectivity index is 1.30. The van der Waals surface area contributed by atoms with Gasteiger partial charge in [-0.1, -0.05) is 42.4 Å². The number of rotatable bonds is 8. The molecule has 0 saturated carbocycles. The number of hydrogen-bond donors (Lipinski definition) is 1. The average Bonchev–Trinajstić information content (AvgIpc) is 2.84. The standard InChI is InChI=1S/C24H32ClN5O2S/c1-18-5-8-30(9-6-18)22-16-21(25)27-24(28-22)33-17-19-3-2-4-20(15-19)23(31)26-7-10-29-11-13-32-14-12-29/h2-4,15-16,18H,5-14,17H2,1H3,(H,26,31). The van der Waals surface area contributed by atoms with E-state index in [-0.39, 0.29) is 5.91 Å². The lowest BCUT2D eigenvalue weighted by atomic mass is 9.99. The van der Waals surface area contributed by atoms with Gasteiger partial charge in [0.25, 0.3) is 5.91 Å². The van der Waals surface area contributed by atoms with E-state index in [9.17, 15) is 4.79 Å². The molecule has 2 fully saturated rings. The highest BCUT2D eigenvalue weighted by atomic mass is 35.5. The number of aromatic nitrogens is 2. The third kappa shape index (κ3) is 7.30. The van der Waals surface area contributed by atoms with E-state index in [2.05, 4.69) is 27.0 Å². The molecule has 9 heteroatoms. The second-order valence-electron chi connectivity index (χ2n) is 8.70. The molecular formula is C24H32ClN5O2S. The number of thioether (sulfide) groups is 1. The van der Waals surface area contributed by atoms with Gasteiger partial charge in [0.2, 0.25) is 0 Å². The maximum absolute atomic E-state index is 12.6. The first-order chi connectivity index (χ1) is 16.1. The summed E-state index contributed by atoms with van der Waals surface area (Å²) in [6.45, 7) is 9.15. The zero-order valence-corrected chi connectivity index (χ0v) is 20.7. The molecule has 0 bridgehead atoms. The number of benzene rings is 1. The number of anilines is 1. The number of hydrogen-bond acceptors (Lipinski definition) is 7. The van der Waals surface area contributed by atoms with Crippen LogP contribution in [0.2, 0.25) is 5.15 Å². The summed E-state index contributed by atoms with van der Waals surface area (Å²) in [6, 6.07) is 9.59. The third-order valence-electron chi connectivity index (χ3n) is 6.14. The van der Waals surface area contributed by atoms with E-state index in [0.717, 1.165) is 63.2 Å². The molecule has 7 nitrogen and oxygen atoms in total. The van der Waals surface area contributed by atoms with Gasteiger partial charge in [-0.2, -0.15) is 0 Å². The molecule has 1 aromatic carbocycles. The van der Waals surface area contributed by atoms with Crippen molar-refractivity contribution in [1.29, 1.82) is 0 Å². The Bertz CT molecular complexity index is 933. The van der Waals surface area contributed by atoms with E-state index in [0.29, 0.717) is 28.2 Å². The predicted molar refractivity (Wildman–Crippen MR) is 133 cm³/mol. The summed E-state index contributed by atoms with van der Waals surface area (Å²) < 4.78 is 5.36. The monoisotopic (exact) mass is 489 g/mol. The van der Waals surface area contributed by atoms with Gasteiger partial charge in [0.05, 0.1) is 13.2 Å². The smallest absolute Gasteiger partial charge is 0.251 e. The van der Waals surface area contributed by atoms with E-state index < -0.39 is 0 Å². The maximum atomic E-state index is 12.6. The van der Waals surface area contributed by atoms with Crippen molar-refractivity contribution in [3.05, 3.63) is 46.6 Å². The lowest BCUT2D eigenvalue weighted by molar-refractivity contribution is 0.0383. The molecule has 2 aliphatic heterocycles. The molecule has 0 atom stereocenters. The van der Waals surface area contributed by atoms with Crippen LogP contribution in [0, 0.1) is 5.92 Å². The summed E-state index contributed by atoms with van der Waals surface area (Å²) in [5, 5.41) is 4.16. The highest BCUT2D eigenvalue weighted by molar-refractivity contribution is 7.98. The number of carbonyl (C=O) groups excluding carboxylic acids is 1. The molecule has 1 amide bonds. The van der Waals surface area contributed by atoms with Gasteiger partial charge < -0.3 is 15.0 Å².